The van der Waals surface area contributed by atoms with Crippen LogP contribution in [0.4, 0.5) is 0 Å². The first kappa shape index (κ1) is 23.3. The smallest absolute Gasteiger partial charge is 0.232 e. The number of nitrogens with zero attached hydrogens (tertiary/aromatic N) is 4. The van der Waals surface area contributed by atoms with Crippen molar-refractivity contribution in [3.05, 3.63) is 46.0 Å². The van der Waals surface area contributed by atoms with E-state index in [0.717, 1.165) is 81.7 Å². The summed E-state index contributed by atoms with van der Waals surface area (Å²) in [5.41, 5.74) is 2.45. The molecule has 4 aliphatic carbocycles. The fraction of sp³-hybridized carbons (Fsp3) is 0.577. The van der Waals surface area contributed by atoms with Crippen LogP contribution in [0.1, 0.15) is 75.5 Å². The Morgan fingerprint density at radius 2 is 1.80 bits per heavy atom. The van der Waals surface area contributed by atoms with E-state index in [1.807, 2.05) is 16.9 Å². The second-order valence-corrected chi connectivity index (χ2v) is 11.2. The molecule has 3 aromatic rings. The first-order chi connectivity index (χ1) is 17.0. The number of halogens is 2. The Labute approximate surface area is 215 Å². The Bertz CT molecular complexity index is 1170. The van der Waals surface area contributed by atoms with Crippen molar-refractivity contribution in [3.63, 3.8) is 0 Å². The molecule has 0 unspecified atom stereocenters. The maximum absolute atomic E-state index is 6.73. The van der Waals surface area contributed by atoms with Crippen molar-refractivity contribution in [3.8, 4) is 17.1 Å². The molecular weight excluding hydrogens is 487 g/mol. The van der Waals surface area contributed by atoms with Crippen molar-refractivity contribution in [2.24, 2.45) is 5.41 Å². The van der Waals surface area contributed by atoms with Gasteiger partial charge in [0, 0.05) is 53.7 Å². The Morgan fingerprint density at radius 3 is 2.43 bits per heavy atom. The van der Waals surface area contributed by atoms with Crippen molar-refractivity contribution in [2.75, 3.05) is 6.61 Å². The van der Waals surface area contributed by atoms with Crippen molar-refractivity contribution < 1.29 is 14.0 Å². The van der Waals surface area contributed by atoms with Crippen molar-refractivity contribution in [2.45, 2.75) is 83.0 Å². The van der Waals surface area contributed by atoms with Gasteiger partial charge in [0.1, 0.15) is 11.5 Å². The molecule has 186 valence electrons. The molecule has 0 spiro atoms. The number of aromatic nitrogens is 4. The highest BCUT2D eigenvalue weighted by Crippen LogP contribution is 2.55. The Morgan fingerprint density at radius 1 is 1.09 bits per heavy atom. The molecule has 9 heteroatoms. The fourth-order valence-electron chi connectivity index (χ4n) is 5.67. The molecule has 0 N–H and O–H groups in total. The number of pyridine rings is 1. The summed E-state index contributed by atoms with van der Waals surface area (Å²) in [4.78, 5) is 4.08. The number of rotatable bonds is 9. The van der Waals surface area contributed by atoms with Gasteiger partial charge in [0.2, 0.25) is 5.88 Å². The second-order valence-electron chi connectivity index (χ2n) is 10.4. The van der Waals surface area contributed by atoms with Gasteiger partial charge in [-0.15, -0.1) is 5.10 Å². The molecule has 4 aliphatic rings. The Kier molecular flexibility index (Phi) is 6.06. The molecule has 4 saturated carbocycles. The summed E-state index contributed by atoms with van der Waals surface area (Å²) in [5.74, 6) is 2.05. The topological polar surface area (TPSA) is 75.2 Å². The third-order valence-corrected chi connectivity index (χ3v) is 8.75. The SMILES string of the molecule is CCn1ccc(OCC23CCC(OCc4c(-c5c(Cl)cncc5Cl)noc4C4CC4)(CC2)CC3)n1. The minimum Gasteiger partial charge on any atom is -0.476 e. The molecule has 7 nitrogen and oxygen atoms in total. The van der Waals surface area contributed by atoms with Crippen LogP contribution in [0, 0.1) is 5.41 Å². The number of hydrogen-bond donors (Lipinski definition) is 0. The summed E-state index contributed by atoms with van der Waals surface area (Å²) >= 11 is 12.9. The lowest BCUT2D eigenvalue weighted by molar-refractivity contribution is -0.150. The minimum atomic E-state index is -0.104. The molecule has 0 aromatic carbocycles. The van der Waals surface area contributed by atoms with E-state index in [4.69, 9.17) is 37.2 Å². The summed E-state index contributed by atoms with van der Waals surface area (Å²) < 4.78 is 20.5. The van der Waals surface area contributed by atoms with E-state index in [1.54, 1.807) is 12.4 Å². The molecule has 0 atom stereocenters. The van der Waals surface area contributed by atoms with Crippen LogP contribution in [-0.2, 0) is 17.9 Å². The van der Waals surface area contributed by atoms with Gasteiger partial charge in [-0.25, -0.2) is 0 Å². The Balaban J connectivity index is 1.15. The number of hydrogen-bond acceptors (Lipinski definition) is 6. The number of ether oxygens (including phenoxy) is 2. The Hall–Kier alpha value is -2.09. The summed E-state index contributed by atoms with van der Waals surface area (Å²) in [6.07, 6.45) is 13.8. The van der Waals surface area contributed by atoms with E-state index in [-0.39, 0.29) is 11.0 Å². The number of fused-ring (bicyclic) bond motifs is 3. The van der Waals surface area contributed by atoms with Crippen LogP contribution in [0.2, 0.25) is 10.0 Å². The highest BCUT2D eigenvalue weighted by molar-refractivity contribution is 6.38. The van der Waals surface area contributed by atoms with Gasteiger partial charge in [-0.05, 0) is 58.3 Å². The minimum absolute atomic E-state index is 0.104. The zero-order chi connectivity index (χ0) is 24.0. The van der Waals surface area contributed by atoms with Crippen LogP contribution in [0.25, 0.3) is 11.3 Å². The van der Waals surface area contributed by atoms with Gasteiger partial charge in [0.25, 0.3) is 0 Å². The van der Waals surface area contributed by atoms with E-state index >= 15 is 0 Å². The molecule has 0 amide bonds. The highest BCUT2D eigenvalue weighted by Gasteiger charge is 2.50. The van der Waals surface area contributed by atoms with E-state index in [1.165, 1.54) is 0 Å². The molecule has 0 radical (unpaired) electrons. The second kappa shape index (κ2) is 9.09. The monoisotopic (exact) mass is 516 g/mol. The van der Waals surface area contributed by atoms with Gasteiger partial charge in [-0.3, -0.25) is 9.67 Å². The van der Waals surface area contributed by atoms with E-state index in [9.17, 15) is 0 Å². The van der Waals surface area contributed by atoms with Crippen LogP contribution in [0.5, 0.6) is 5.88 Å². The largest absolute Gasteiger partial charge is 0.476 e. The van der Waals surface area contributed by atoms with E-state index in [2.05, 4.69) is 22.2 Å². The quantitative estimate of drug-likeness (QED) is 0.310. The van der Waals surface area contributed by atoms with Gasteiger partial charge in [-0.2, -0.15) is 0 Å². The first-order valence-corrected chi connectivity index (χ1v) is 13.3. The predicted octanol–water partition coefficient (Wildman–Crippen LogP) is 6.83. The van der Waals surface area contributed by atoms with Crippen molar-refractivity contribution in [1.29, 1.82) is 0 Å². The van der Waals surface area contributed by atoms with Crippen LogP contribution < -0.4 is 4.74 Å². The summed E-state index contributed by atoms with van der Waals surface area (Å²) in [6.45, 7) is 4.11. The lowest BCUT2D eigenvalue weighted by Gasteiger charge is -2.52. The first-order valence-electron chi connectivity index (χ1n) is 12.6. The maximum Gasteiger partial charge on any atom is 0.232 e. The third-order valence-electron chi connectivity index (χ3n) is 8.18. The fourth-order valence-corrected chi connectivity index (χ4v) is 6.22. The summed E-state index contributed by atoms with van der Waals surface area (Å²) in [7, 11) is 0. The van der Waals surface area contributed by atoms with Gasteiger partial charge < -0.3 is 14.0 Å². The van der Waals surface area contributed by atoms with E-state index in [0.29, 0.717) is 33.8 Å². The van der Waals surface area contributed by atoms with Gasteiger partial charge >= 0.3 is 0 Å². The third kappa shape index (κ3) is 4.47. The van der Waals surface area contributed by atoms with Crippen LogP contribution in [-0.4, -0.2) is 32.1 Å². The van der Waals surface area contributed by atoms with Crippen LogP contribution in [0.3, 0.4) is 0 Å². The van der Waals surface area contributed by atoms with Crippen molar-refractivity contribution in [1.82, 2.24) is 19.9 Å². The average molecular weight is 517 g/mol. The molecule has 3 aromatic heterocycles. The average Bonchev–Trinajstić information content (AvgIpc) is 3.47. The van der Waals surface area contributed by atoms with Gasteiger partial charge in [0.15, 0.2) is 0 Å². The summed E-state index contributed by atoms with van der Waals surface area (Å²) in [5, 5.41) is 9.79. The number of aryl methyl sites for hydroxylation is 1. The predicted molar refractivity (Wildman–Crippen MR) is 133 cm³/mol. The molecule has 7 rings (SSSR count). The van der Waals surface area contributed by atoms with Crippen LogP contribution >= 0.6 is 23.2 Å². The molecule has 0 saturated heterocycles. The van der Waals surface area contributed by atoms with Gasteiger partial charge in [-0.1, -0.05) is 28.4 Å². The molecule has 4 fully saturated rings. The zero-order valence-corrected chi connectivity index (χ0v) is 21.4. The molecule has 35 heavy (non-hydrogen) atoms. The van der Waals surface area contributed by atoms with Gasteiger partial charge in [0.05, 0.1) is 28.9 Å². The van der Waals surface area contributed by atoms with Crippen LogP contribution in [0.15, 0.2) is 29.2 Å². The molecular formula is C26H30Cl2N4O3. The molecule has 0 aliphatic heterocycles. The standard InChI is InChI=1S/C26H30Cl2N4O3/c1-2-32-12-5-21(30-32)33-16-25-6-9-26(10-7-25,11-8-25)34-15-18-23(31-35-24(18)17-3-4-17)22-19(27)13-29-14-20(22)28/h5,12-14,17H,2-4,6-11,15-16H2,1H3. The zero-order valence-electron chi connectivity index (χ0n) is 19.9. The van der Waals surface area contributed by atoms with E-state index < -0.39 is 0 Å². The molecule has 3 heterocycles. The normalized spacial score (nSPS) is 25.8. The highest BCUT2D eigenvalue weighted by atomic mass is 35.5. The summed E-state index contributed by atoms with van der Waals surface area (Å²) in [6, 6.07) is 1.95. The molecule has 2 bridgehead atoms. The maximum atomic E-state index is 6.73. The lowest BCUT2D eigenvalue weighted by atomic mass is 9.59. The van der Waals surface area contributed by atoms with Crippen molar-refractivity contribution >= 4 is 23.2 Å². The lowest BCUT2D eigenvalue weighted by Crippen LogP contribution is -2.49.